The summed E-state index contributed by atoms with van der Waals surface area (Å²) < 4.78 is 1.57. The molecule has 0 aliphatic rings. The van der Waals surface area contributed by atoms with Gasteiger partial charge in [0.15, 0.2) is 10.3 Å². The van der Waals surface area contributed by atoms with Gasteiger partial charge in [-0.05, 0) is 36.9 Å². The lowest BCUT2D eigenvalue weighted by atomic mass is 10.1. The Morgan fingerprint density at radius 3 is 2.73 bits per heavy atom. The highest BCUT2D eigenvalue weighted by molar-refractivity contribution is 7.98. The largest absolute Gasteiger partial charge is 0.290 e. The van der Waals surface area contributed by atoms with Crippen molar-refractivity contribution in [3.8, 4) is 0 Å². The first-order chi connectivity index (χ1) is 14.3. The molecule has 0 unspecified atom stereocenters. The van der Waals surface area contributed by atoms with Crippen molar-refractivity contribution in [1.29, 1.82) is 0 Å². The zero-order valence-electron chi connectivity index (χ0n) is 17.0. The number of hydrogen-bond acceptors (Lipinski definition) is 7. The molecule has 0 saturated heterocycles. The molecule has 0 saturated carbocycles. The molecule has 6 nitrogen and oxygen atoms in total. The Balaban J connectivity index is 1.58. The van der Waals surface area contributed by atoms with E-state index in [9.17, 15) is 9.59 Å². The van der Waals surface area contributed by atoms with Crippen molar-refractivity contribution in [2.45, 2.75) is 31.7 Å². The summed E-state index contributed by atoms with van der Waals surface area (Å²) >= 11 is 4.36. The normalized spacial score (nSPS) is 11.2. The van der Waals surface area contributed by atoms with E-state index in [2.05, 4.69) is 16.0 Å². The van der Waals surface area contributed by atoms with Crippen LogP contribution in [0.2, 0.25) is 0 Å². The van der Waals surface area contributed by atoms with Crippen LogP contribution in [0.1, 0.15) is 23.7 Å². The molecule has 0 aliphatic carbocycles. The molecule has 0 atom stereocenters. The summed E-state index contributed by atoms with van der Waals surface area (Å²) in [7, 11) is 1.74. The number of carbonyl (C=O) groups is 1. The van der Waals surface area contributed by atoms with E-state index >= 15 is 0 Å². The van der Waals surface area contributed by atoms with E-state index in [1.807, 2.05) is 36.7 Å². The van der Waals surface area contributed by atoms with Crippen LogP contribution in [0.4, 0.5) is 10.8 Å². The van der Waals surface area contributed by atoms with E-state index in [0.717, 1.165) is 27.3 Å². The topological polar surface area (TPSA) is 68.1 Å². The van der Waals surface area contributed by atoms with Gasteiger partial charge in [0.05, 0.1) is 16.8 Å². The first kappa shape index (κ1) is 20.8. The third-order valence-electron chi connectivity index (χ3n) is 4.65. The lowest BCUT2D eigenvalue weighted by molar-refractivity contribution is -0.115. The number of aryl methyl sites for hydroxylation is 2. The maximum atomic E-state index is 12.5. The lowest BCUT2D eigenvalue weighted by Crippen LogP contribution is -2.23. The molecule has 0 fully saturated rings. The molecule has 30 heavy (non-hydrogen) atoms. The summed E-state index contributed by atoms with van der Waals surface area (Å²) in [6, 6.07) is 7.82. The van der Waals surface area contributed by atoms with Crippen molar-refractivity contribution < 1.29 is 4.79 Å². The minimum atomic E-state index is -0.0808. The summed E-state index contributed by atoms with van der Waals surface area (Å²) in [5.74, 6) is 0.481. The quantitative estimate of drug-likeness (QED) is 0.311. The van der Waals surface area contributed by atoms with Gasteiger partial charge in [-0.3, -0.25) is 19.1 Å². The Labute approximate surface area is 186 Å². The Hall–Kier alpha value is -2.49. The summed E-state index contributed by atoms with van der Waals surface area (Å²) in [6.45, 7) is 5.57. The second-order valence-electron chi connectivity index (χ2n) is 6.95. The molecule has 3 aromatic heterocycles. The molecule has 0 N–H and O–H groups in total. The number of rotatable bonds is 5. The van der Waals surface area contributed by atoms with Gasteiger partial charge in [0.25, 0.3) is 5.56 Å². The van der Waals surface area contributed by atoms with Crippen molar-refractivity contribution in [2.75, 3.05) is 4.90 Å². The van der Waals surface area contributed by atoms with Gasteiger partial charge in [-0.25, -0.2) is 9.97 Å². The van der Waals surface area contributed by atoms with Crippen molar-refractivity contribution in [1.82, 2.24) is 14.5 Å². The van der Waals surface area contributed by atoms with Crippen LogP contribution in [0.25, 0.3) is 10.2 Å². The van der Waals surface area contributed by atoms with Crippen LogP contribution in [-0.4, -0.2) is 20.4 Å². The Morgan fingerprint density at radius 1 is 1.20 bits per heavy atom. The molecular weight excluding hydrogens is 436 g/mol. The first-order valence-electron chi connectivity index (χ1n) is 9.24. The van der Waals surface area contributed by atoms with Crippen LogP contribution in [0, 0.1) is 13.8 Å². The predicted molar refractivity (Wildman–Crippen MR) is 125 cm³/mol. The average molecular weight is 457 g/mol. The number of thiazole rings is 1. The van der Waals surface area contributed by atoms with Gasteiger partial charge < -0.3 is 0 Å². The minimum Gasteiger partial charge on any atom is -0.290 e. The molecule has 9 heteroatoms. The highest BCUT2D eigenvalue weighted by Gasteiger charge is 2.20. The number of carbonyl (C=O) groups excluding carboxylic acids is 1. The number of thioether (sulfide) groups is 1. The van der Waals surface area contributed by atoms with E-state index in [1.165, 1.54) is 34.4 Å². The minimum absolute atomic E-state index is 0.0414. The maximum Gasteiger partial charge on any atom is 0.262 e. The van der Waals surface area contributed by atoms with Crippen LogP contribution in [-0.2, 0) is 17.6 Å². The fourth-order valence-corrected chi connectivity index (χ4v) is 5.83. The third kappa shape index (κ3) is 3.92. The highest BCUT2D eigenvalue weighted by Crippen LogP contribution is 2.33. The fourth-order valence-electron chi connectivity index (χ4n) is 3.18. The first-order valence-corrected chi connectivity index (χ1v) is 12.0. The summed E-state index contributed by atoms with van der Waals surface area (Å²) in [5.41, 5.74) is 3.82. The molecule has 4 rings (SSSR count). The standard InChI is InChI=1S/C21H20N4O2S3/c1-12-5-6-17(13(2)9-12)25(14(3)26)21-22-15(11-30-21)10-29-20-23-18-16(7-8-28-18)19(27)24(20)4/h5-9,11H,10H2,1-4H3. The molecule has 4 aromatic rings. The number of benzene rings is 1. The molecule has 154 valence electrons. The molecule has 0 spiro atoms. The number of anilines is 2. The number of fused-ring (bicyclic) bond motifs is 1. The third-order valence-corrected chi connectivity index (χ3v) is 7.40. The Bertz CT molecular complexity index is 1310. The van der Waals surface area contributed by atoms with E-state index in [4.69, 9.17) is 0 Å². The van der Waals surface area contributed by atoms with Crippen LogP contribution in [0.3, 0.4) is 0 Å². The highest BCUT2D eigenvalue weighted by atomic mass is 32.2. The van der Waals surface area contributed by atoms with Crippen LogP contribution in [0.5, 0.6) is 0 Å². The predicted octanol–water partition coefficient (Wildman–Crippen LogP) is 5.05. The SMILES string of the molecule is CC(=O)N(c1nc(CSc2nc3sccc3c(=O)n2C)cs1)c1ccc(C)cc1C. The molecular formula is C21H20N4O2S3. The van der Waals surface area contributed by atoms with Crippen molar-refractivity contribution in [3.63, 3.8) is 0 Å². The number of nitrogens with zero attached hydrogens (tertiary/aromatic N) is 4. The molecule has 1 aromatic carbocycles. The smallest absolute Gasteiger partial charge is 0.262 e. The number of amides is 1. The summed E-state index contributed by atoms with van der Waals surface area (Å²) in [6.07, 6.45) is 0. The molecule has 0 radical (unpaired) electrons. The second-order valence-corrected chi connectivity index (χ2v) is 9.63. The zero-order chi connectivity index (χ0) is 21.4. The molecule has 1 amide bonds. The van der Waals surface area contributed by atoms with E-state index in [1.54, 1.807) is 29.5 Å². The van der Waals surface area contributed by atoms with Crippen LogP contribution in [0.15, 0.2) is 45.0 Å². The molecule has 0 aliphatic heterocycles. The monoisotopic (exact) mass is 456 g/mol. The maximum absolute atomic E-state index is 12.5. The van der Waals surface area contributed by atoms with Gasteiger partial charge in [-0.2, -0.15) is 0 Å². The summed E-state index contributed by atoms with van der Waals surface area (Å²) in [4.78, 5) is 36.5. The van der Waals surface area contributed by atoms with E-state index in [0.29, 0.717) is 21.4 Å². The van der Waals surface area contributed by atoms with Gasteiger partial charge in [0.1, 0.15) is 4.83 Å². The Morgan fingerprint density at radius 2 is 2.00 bits per heavy atom. The van der Waals surface area contributed by atoms with Crippen LogP contribution >= 0.6 is 34.4 Å². The second kappa shape index (κ2) is 8.33. The van der Waals surface area contributed by atoms with E-state index in [-0.39, 0.29) is 11.5 Å². The zero-order valence-corrected chi connectivity index (χ0v) is 19.5. The Kier molecular flexibility index (Phi) is 5.77. The van der Waals surface area contributed by atoms with Crippen molar-refractivity contribution in [2.24, 2.45) is 7.05 Å². The van der Waals surface area contributed by atoms with Gasteiger partial charge in [0, 0.05) is 25.1 Å². The lowest BCUT2D eigenvalue weighted by Gasteiger charge is -2.20. The number of thiophene rings is 1. The van der Waals surface area contributed by atoms with Crippen molar-refractivity contribution in [3.05, 3.63) is 62.2 Å². The number of aromatic nitrogens is 3. The summed E-state index contributed by atoms with van der Waals surface area (Å²) in [5, 5.41) is 5.77. The fraction of sp³-hybridized carbons (Fsp3) is 0.238. The van der Waals surface area contributed by atoms with Gasteiger partial charge in [0.2, 0.25) is 5.91 Å². The van der Waals surface area contributed by atoms with Crippen molar-refractivity contribution >= 4 is 61.4 Å². The molecule has 3 heterocycles. The van der Waals surface area contributed by atoms with Gasteiger partial charge in [-0.1, -0.05) is 29.5 Å². The van der Waals surface area contributed by atoms with Gasteiger partial charge in [-0.15, -0.1) is 22.7 Å². The molecule has 0 bridgehead atoms. The van der Waals surface area contributed by atoms with Gasteiger partial charge >= 0.3 is 0 Å². The van der Waals surface area contributed by atoms with Crippen LogP contribution < -0.4 is 10.5 Å². The average Bonchev–Trinajstić information content (AvgIpc) is 3.35. The number of hydrogen-bond donors (Lipinski definition) is 0. The van der Waals surface area contributed by atoms with E-state index < -0.39 is 0 Å².